The average Bonchev–Trinajstić information content (AvgIpc) is 3.28. The molecule has 0 radical (unpaired) electrons. The van der Waals surface area contributed by atoms with Crippen LogP contribution < -0.4 is 4.74 Å². The van der Waals surface area contributed by atoms with Crippen molar-refractivity contribution in [2.24, 2.45) is 5.10 Å². The Morgan fingerprint density at radius 1 is 1.32 bits per heavy atom. The number of amides is 1. The van der Waals surface area contributed by atoms with Crippen LogP contribution in [0.1, 0.15) is 36.6 Å². The molecule has 1 amide bonds. The van der Waals surface area contributed by atoms with Gasteiger partial charge in [0.15, 0.2) is 0 Å². The number of methoxy groups -OCH3 is 1. The van der Waals surface area contributed by atoms with Gasteiger partial charge in [-0.05, 0) is 29.8 Å². The third kappa shape index (κ3) is 3.71. The number of benzene rings is 1. The van der Waals surface area contributed by atoms with Crippen molar-refractivity contribution < 1.29 is 23.8 Å². The summed E-state index contributed by atoms with van der Waals surface area (Å²) < 4.78 is 10.6. The first-order valence-electron chi connectivity index (χ1n) is 7.87. The Kier molecular flexibility index (Phi) is 4.83. The minimum Gasteiger partial charge on any atom is -0.497 e. The molecule has 1 aliphatic rings. The maximum atomic E-state index is 12.5. The quantitative estimate of drug-likeness (QED) is 0.871. The first-order valence-corrected chi connectivity index (χ1v) is 7.87. The van der Waals surface area contributed by atoms with Gasteiger partial charge in [-0.3, -0.25) is 9.59 Å². The van der Waals surface area contributed by atoms with Crippen molar-refractivity contribution in [1.29, 1.82) is 0 Å². The predicted molar refractivity (Wildman–Crippen MR) is 89.3 cm³/mol. The normalized spacial score (nSPS) is 16.6. The average molecular weight is 342 g/mol. The van der Waals surface area contributed by atoms with E-state index in [4.69, 9.17) is 14.3 Å². The lowest BCUT2D eigenvalue weighted by Crippen LogP contribution is -2.27. The van der Waals surface area contributed by atoms with Crippen molar-refractivity contribution in [1.82, 2.24) is 5.01 Å². The molecule has 7 nitrogen and oxygen atoms in total. The molecule has 0 bridgehead atoms. The van der Waals surface area contributed by atoms with Crippen LogP contribution in [0.3, 0.4) is 0 Å². The molecule has 1 aromatic carbocycles. The Balaban J connectivity index is 1.89. The Labute approximate surface area is 144 Å². The topological polar surface area (TPSA) is 92.3 Å². The van der Waals surface area contributed by atoms with Crippen LogP contribution in [0.5, 0.6) is 5.75 Å². The molecule has 2 aromatic rings. The van der Waals surface area contributed by atoms with Gasteiger partial charge in [0.1, 0.15) is 17.2 Å². The van der Waals surface area contributed by atoms with Crippen LogP contribution in [-0.4, -0.2) is 34.8 Å². The highest BCUT2D eigenvalue weighted by Gasteiger charge is 2.34. The summed E-state index contributed by atoms with van der Waals surface area (Å²) in [6, 6.07) is 10.6. The summed E-state index contributed by atoms with van der Waals surface area (Å²) in [4.78, 5) is 23.3. The van der Waals surface area contributed by atoms with Gasteiger partial charge in [-0.15, -0.1) is 0 Å². The van der Waals surface area contributed by atoms with Crippen LogP contribution in [0.4, 0.5) is 0 Å². The lowest BCUT2D eigenvalue weighted by atomic mass is 10.0. The predicted octanol–water partition coefficient (Wildman–Crippen LogP) is 2.83. The monoisotopic (exact) mass is 342 g/mol. The fourth-order valence-corrected chi connectivity index (χ4v) is 2.77. The molecule has 0 fully saturated rings. The fraction of sp³-hybridized carbons (Fsp3) is 0.278. The van der Waals surface area contributed by atoms with Crippen molar-refractivity contribution in [3.05, 3.63) is 54.0 Å². The van der Waals surface area contributed by atoms with Crippen molar-refractivity contribution in [3.8, 4) is 5.75 Å². The first-order chi connectivity index (χ1) is 12.1. The van der Waals surface area contributed by atoms with E-state index >= 15 is 0 Å². The van der Waals surface area contributed by atoms with Gasteiger partial charge < -0.3 is 14.3 Å². The van der Waals surface area contributed by atoms with Gasteiger partial charge in [-0.2, -0.15) is 5.10 Å². The lowest BCUT2D eigenvalue weighted by Gasteiger charge is -2.22. The van der Waals surface area contributed by atoms with Crippen LogP contribution >= 0.6 is 0 Å². The highest BCUT2D eigenvalue weighted by atomic mass is 16.5. The molecular weight excluding hydrogens is 324 g/mol. The number of carboxylic acids is 1. The highest BCUT2D eigenvalue weighted by Crippen LogP contribution is 2.34. The van der Waals surface area contributed by atoms with E-state index < -0.39 is 5.97 Å². The summed E-state index contributed by atoms with van der Waals surface area (Å²) in [7, 11) is 1.58. The van der Waals surface area contributed by atoms with E-state index in [2.05, 4.69) is 5.10 Å². The van der Waals surface area contributed by atoms with Gasteiger partial charge in [0.05, 0.1) is 25.8 Å². The maximum absolute atomic E-state index is 12.5. The van der Waals surface area contributed by atoms with Gasteiger partial charge in [-0.1, -0.05) is 12.1 Å². The molecule has 0 spiro atoms. The first kappa shape index (κ1) is 16.8. The van der Waals surface area contributed by atoms with Gasteiger partial charge in [-0.25, -0.2) is 5.01 Å². The molecule has 1 N–H and O–H groups in total. The van der Waals surface area contributed by atoms with Crippen LogP contribution in [0.2, 0.25) is 0 Å². The minimum atomic E-state index is -1.01. The number of rotatable bonds is 6. The number of hydrazone groups is 1. The van der Waals surface area contributed by atoms with E-state index in [9.17, 15) is 9.59 Å². The fourth-order valence-electron chi connectivity index (χ4n) is 2.77. The Hall–Kier alpha value is -3.09. The number of ether oxygens (including phenoxy) is 1. The highest BCUT2D eigenvalue weighted by molar-refractivity contribution is 6.01. The van der Waals surface area contributed by atoms with Crippen molar-refractivity contribution in [3.63, 3.8) is 0 Å². The molecule has 1 aromatic heterocycles. The summed E-state index contributed by atoms with van der Waals surface area (Å²) in [5.41, 5.74) is 1.52. The van der Waals surface area contributed by atoms with Gasteiger partial charge in [0.2, 0.25) is 5.91 Å². The number of nitrogens with zero attached hydrogens (tertiary/aromatic N) is 2. The summed E-state index contributed by atoms with van der Waals surface area (Å²) in [5.74, 6) is -0.0687. The third-order valence-corrected chi connectivity index (χ3v) is 4.00. The number of carbonyl (C=O) groups excluding carboxylic acids is 1. The molecule has 1 aliphatic heterocycles. The van der Waals surface area contributed by atoms with E-state index in [1.54, 1.807) is 25.5 Å². The second-order valence-corrected chi connectivity index (χ2v) is 5.65. The second kappa shape index (κ2) is 7.21. The lowest BCUT2D eigenvalue weighted by molar-refractivity contribution is -0.141. The standard InChI is InChI=1S/C18H18N2O5/c1-24-13-5-2-4-12(10-13)15-11-14(16-6-3-9-25-16)19-20(15)17(21)7-8-18(22)23/h2-6,9-10,15H,7-8,11H2,1H3,(H,22,23)/t15-/m1/s1. The number of hydrogen-bond donors (Lipinski definition) is 1. The largest absolute Gasteiger partial charge is 0.497 e. The number of hydrogen-bond acceptors (Lipinski definition) is 5. The number of aliphatic carboxylic acids is 1. The molecule has 7 heteroatoms. The summed E-state index contributed by atoms with van der Waals surface area (Å²) in [6.07, 6.45) is 1.70. The Bertz CT molecular complexity index is 798. The van der Waals surface area contributed by atoms with Crippen molar-refractivity contribution in [2.45, 2.75) is 25.3 Å². The number of carboxylic acid groups (broad SMARTS) is 1. The maximum Gasteiger partial charge on any atom is 0.303 e. The smallest absolute Gasteiger partial charge is 0.303 e. The molecule has 25 heavy (non-hydrogen) atoms. The zero-order valence-corrected chi connectivity index (χ0v) is 13.7. The van der Waals surface area contributed by atoms with Crippen LogP contribution in [0.25, 0.3) is 0 Å². The summed E-state index contributed by atoms with van der Waals surface area (Å²) in [6.45, 7) is 0. The molecule has 2 heterocycles. The summed E-state index contributed by atoms with van der Waals surface area (Å²) >= 11 is 0. The van der Waals surface area contributed by atoms with Crippen LogP contribution in [-0.2, 0) is 9.59 Å². The van der Waals surface area contributed by atoms with E-state index in [1.165, 1.54) is 5.01 Å². The van der Waals surface area contributed by atoms with E-state index in [0.717, 1.165) is 5.56 Å². The Morgan fingerprint density at radius 2 is 2.16 bits per heavy atom. The molecule has 3 rings (SSSR count). The van der Waals surface area contributed by atoms with Gasteiger partial charge >= 0.3 is 5.97 Å². The Morgan fingerprint density at radius 3 is 2.84 bits per heavy atom. The van der Waals surface area contributed by atoms with Gasteiger partial charge in [0, 0.05) is 12.8 Å². The molecule has 0 saturated heterocycles. The van der Waals surface area contributed by atoms with E-state index in [-0.39, 0.29) is 24.8 Å². The van der Waals surface area contributed by atoms with Crippen LogP contribution in [0, 0.1) is 0 Å². The number of carbonyl (C=O) groups is 2. The summed E-state index contributed by atoms with van der Waals surface area (Å²) in [5, 5.41) is 14.6. The molecular formula is C18H18N2O5. The zero-order valence-electron chi connectivity index (χ0n) is 13.7. The van der Waals surface area contributed by atoms with Crippen LogP contribution in [0.15, 0.2) is 52.2 Å². The zero-order chi connectivity index (χ0) is 17.8. The van der Waals surface area contributed by atoms with Crippen molar-refractivity contribution >= 4 is 17.6 Å². The molecule has 130 valence electrons. The molecule has 0 saturated carbocycles. The number of furan rings is 1. The molecule has 0 unspecified atom stereocenters. The second-order valence-electron chi connectivity index (χ2n) is 5.65. The SMILES string of the molecule is COc1cccc([C@H]2CC(c3ccco3)=NN2C(=O)CCC(=O)O)c1. The van der Waals surface area contributed by atoms with E-state index in [0.29, 0.717) is 23.6 Å². The molecule has 1 atom stereocenters. The minimum absolute atomic E-state index is 0.106. The molecule has 0 aliphatic carbocycles. The van der Waals surface area contributed by atoms with E-state index in [1.807, 2.05) is 24.3 Å². The third-order valence-electron chi connectivity index (χ3n) is 4.00. The van der Waals surface area contributed by atoms with Gasteiger partial charge in [0.25, 0.3) is 0 Å². The van der Waals surface area contributed by atoms with Crippen molar-refractivity contribution in [2.75, 3.05) is 7.11 Å².